The molecular weight excluding hydrogens is 145 g/mol. The Morgan fingerprint density at radius 2 is 2.00 bits per heavy atom. The van der Waals surface area contributed by atoms with Gasteiger partial charge in [-0.25, -0.2) is 0 Å². The second-order valence-corrected chi connectivity index (χ2v) is 2.77. The molecule has 0 saturated heterocycles. The molecule has 0 rings (SSSR count). The third-order valence-corrected chi connectivity index (χ3v) is 2.06. The lowest BCUT2D eigenvalue weighted by Crippen LogP contribution is -2.12. The van der Waals surface area contributed by atoms with Crippen LogP contribution in [0.1, 0.15) is 13.8 Å². The largest absolute Gasteiger partial charge is 0.405 e. The van der Waals surface area contributed by atoms with Crippen molar-refractivity contribution >= 4 is 6.71 Å². The summed E-state index contributed by atoms with van der Waals surface area (Å²) in [6.07, 6.45) is 9.70. The van der Waals surface area contributed by atoms with Gasteiger partial charge in [0.1, 0.15) is 0 Å². The predicted molar refractivity (Wildman–Crippen MR) is 58.3 cm³/mol. The van der Waals surface area contributed by atoms with Crippen LogP contribution in [0.4, 0.5) is 0 Å². The monoisotopic (exact) mass is 163 g/mol. The average Bonchev–Trinajstić information content (AvgIpc) is 2.07. The molecule has 2 N–H and O–H groups in total. The molecule has 0 aliphatic rings. The number of rotatable bonds is 5. The van der Waals surface area contributed by atoms with E-state index in [2.05, 4.69) is 20.4 Å². The van der Waals surface area contributed by atoms with E-state index in [1.165, 1.54) is 5.47 Å². The van der Waals surface area contributed by atoms with Gasteiger partial charge in [-0.1, -0.05) is 56.8 Å². The lowest BCUT2D eigenvalue weighted by Gasteiger charge is -2.08. The smallest absolute Gasteiger partial charge is 0.175 e. The summed E-state index contributed by atoms with van der Waals surface area (Å²) >= 11 is 0. The quantitative estimate of drug-likeness (QED) is 0.489. The first-order valence-electron chi connectivity index (χ1n) is 4.50. The van der Waals surface area contributed by atoms with Gasteiger partial charge >= 0.3 is 0 Å². The van der Waals surface area contributed by atoms with Crippen molar-refractivity contribution in [2.24, 2.45) is 5.73 Å². The van der Waals surface area contributed by atoms with E-state index in [0.717, 1.165) is 12.6 Å². The van der Waals surface area contributed by atoms with Gasteiger partial charge in [0.2, 0.25) is 0 Å². The molecule has 66 valence electrons. The molecule has 0 radical (unpaired) electrons. The van der Waals surface area contributed by atoms with Gasteiger partial charge in [0, 0.05) is 0 Å². The molecule has 0 fully saturated rings. The Balaban J connectivity index is 4.46. The predicted octanol–water partition coefficient (Wildman–Crippen LogP) is 2.65. The third-order valence-electron chi connectivity index (χ3n) is 2.06. The van der Waals surface area contributed by atoms with Crippen LogP contribution in [0.2, 0.25) is 12.6 Å². The van der Waals surface area contributed by atoms with E-state index in [9.17, 15) is 0 Å². The molecule has 0 aromatic rings. The molecular formula is C10H18BN. The minimum Gasteiger partial charge on any atom is -0.405 e. The first-order chi connectivity index (χ1) is 5.79. The van der Waals surface area contributed by atoms with Crippen LogP contribution in [-0.2, 0) is 0 Å². The molecule has 0 aliphatic carbocycles. The topological polar surface area (TPSA) is 26.0 Å². The molecule has 0 atom stereocenters. The summed E-state index contributed by atoms with van der Waals surface area (Å²) in [5.74, 6) is 0. The fourth-order valence-electron chi connectivity index (χ4n) is 1.33. The Kier molecular flexibility index (Phi) is 6.26. The lowest BCUT2D eigenvalue weighted by atomic mass is 9.40. The zero-order chi connectivity index (χ0) is 9.40. The van der Waals surface area contributed by atoms with Crippen LogP contribution >= 0.6 is 0 Å². The van der Waals surface area contributed by atoms with Crippen LogP contribution in [0.5, 0.6) is 0 Å². The summed E-state index contributed by atoms with van der Waals surface area (Å²) in [6, 6.07) is 0. The molecule has 0 aromatic carbocycles. The van der Waals surface area contributed by atoms with Gasteiger partial charge in [-0.2, -0.15) is 0 Å². The molecule has 0 unspecified atom stereocenters. The molecule has 0 amide bonds. The highest BCUT2D eigenvalue weighted by Crippen LogP contribution is 2.11. The number of hydrogen-bond acceptors (Lipinski definition) is 1. The molecule has 0 heterocycles. The van der Waals surface area contributed by atoms with Gasteiger partial charge in [-0.05, 0) is 6.20 Å². The molecule has 0 aliphatic heterocycles. The highest BCUT2D eigenvalue weighted by atomic mass is 14.5. The third kappa shape index (κ3) is 3.47. The molecule has 0 bridgehead atoms. The number of hydrogen-bond donors (Lipinski definition) is 1. The van der Waals surface area contributed by atoms with Gasteiger partial charge in [0.15, 0.2) is 6.71 Å². The highest BCUT2D eigenvalue weighted by Gasteiger charge is 2.10. The number of allylic oxidation sites excluding steroid dienone is 4. The zero-order valence-corrected chi connectivity index (χ0v) is 8.09. The van der Waals surface area contributed by atoms with Crippen molar-refractivity contribution in [3.05, 3.63) is 36.5 Å². The summed E-state index contributed by atoms with van der Waals surface area (Å²) in [4.78, 5) is 0. The molecule has 0 saturated carbocycles. The first-order valence-corrected chi connectivity index (χ1v) is 4.50. The van der Waals surface area contributed by atoms with E-state index in [0.29, 0.717) is 6.71 Å². The molecule has 0 spiro atoms. The standard InChI is InChI=1S/C10H18BN/c1-4-7-10(8-9-12)11(5-2)6-3/h4,7-9H,1,5-6,12H2,2-3H3/b9-8-,10-7+. The van der Waals surface area contributed by atoms with Crippen LogP contribution < -0.4 is 5.73 Å². The van der Waals surface area contributed by atoms with Crippen molar-refractivity contribution in [1.29, 1.82) is 0 Å². The Bertz CT molecular complexity index is 178. The normalized spacial score (nSPS) is 12.0. The maximum absolute atomic E-state index is 5.35. The van der Waals surface area contributed by atoms with Crippen LogP contribution in [0.3, 0.4) is 0 Å². The average molecular weight is 163 g/mol. The molecule has 2 heteroatoms. The highest BCUT2D eigenvalue weighted by molar-refractivity contribution is 6.67. The van der Waals surface area contributed by atoms with Gasteiger partial charge in [0.05, 0.1) is 0 Å². The van der Waals surface area contributed by atoms with E-state index in [1.807, 2.05) is 18.2 Å². The van der Waals surface area contributed by atoms with Crippen LogP contribution in [-0.4, -0.2) is 6.71 Å². The summed E-state index contributed by atoms with van der Waals surface area (Å²) < 4.78 is 0. The minimum atomic E-state index is 0.614. The van der Waals surface area contributed by atoms with Crippen LogP contribution in [0, 0.1) is 0 Å². The Morgan fingerprint density at radius 1 is 1.42 bits per heavy atom. The Morgan fingerprint density at radius 3 is 2.33 bits per heavy atom. The van der Waals surface area contributed by atoms with Crippen molar-refractivity contribution in [2.75, 3.05) is 0 Å². The van der Waals surface area contributed by atoms with Gasteiger partial charge < -0.3 is 5.73 Å². The minimum absolute atomic E-state index is 0.614. The summed E-state index contributed by atoms with van der Waals surface area (Å²) in [6.45, 7) is 8.68. The van der Waals surface area contributed by atoms with Crippen LogP contribution in [0.25, 0.3) is 0 Å². The number of nitrogens with two attached hydrogens (primary N) is 1. The lowest BCUT2D eigenvalue weighted by molar-refractivity contribution is 1.31. The van der Waals surface area contributed by atoms with E-state index in [-0.39, 0.29) is 0 Å². The van der Waals surface area contributed by atoms with Crippen molar-refractivity contribution in [2.45, 2.75) is 26.5 Å². The molecule has 12 heavy (non-hydrogen) atoms. The maximum Gasteiger partial charge on any atom is 0.175 e. The van der Waals surface area contributed by atoms with Gasteiger partial charge in [-0.3, -0.25) is 0 Å². The van der Waals surface area contributed by atoms with E-state index >= 15 is 0 Å². The fraction of sp³-hybridized carbons (Fsp3) is 0.400. The summed E-state index contributed by atoms with van der Waals surface area (Å²) in [5, 5.41) is 0. The fourth-order valence-corrected chi connectivity index (χ4v) is 1.33. The van der Waals surface area contributed by atoms with Crippen molar-refractivity contribution in [1.82, 2.24) is 0 Å². The SMILES string of the molecule is C=C/C=C(\C=C/N)B(CC)CC. The van der Waals surface area contributed by atoms with Crippen molar-refractivity contribution in [3.8, 4) is 0 Å². The van der Waals surface area contributed by atoms with Gasteiger partial charge in [-0.15, -0.1) is 0 Å². The summed E-state index contributed by atoms with van der Waals surface area (Å²) in [7, 11) is 0. The Labute approximate surface area is 76.1 Å². The zero-order valence-electron chi connectivity index (χ0n) is 8.09. The van der Waals surface area contributed by atoms with Gasteiger partial charge in [0.25, 0.3) is 0 Å². The van der Waals surface area contributed by atoms with Crippen molar-refractivity contribution < 1.29 is 0 Å². The van der Waals surface area contributed by atoms with E-state index in [1.54, 1.807) is 6.20 Å². The summed E-state index contributed by atoms with van der Waals surface area (Å²) in [5.41, 5.74) is 6.63. The van der Waals surface area contributed by atoms with E-state index in [4.69, 9.17) is 5.73 Å². The molecule has 0 aromatic heterocycles. The second kappa shape index (κ2) is 6.77. The van der Waals surface area contributed by atoms with Crippen LogP contribution in [0.15, 0.2) is 36.5 Å². The Hall–Kier alpha value is -0.915. The van der Waals surface area contributed by atoms with E-state index < -0.39 is 0 Å². The first kappa shape index (κ1) is 11.1. The molecule has 1 nitrogen and oxygen atoms in total. The van der Waals surface area contributed by atoms with Crippen molar-refractivity contribution in [3.63, 3.8) is 0 Å². The second-order valence-electron chi connectivity index (χ2n) is 2.77. The maximum atomic E-state index is 5.35.